The average Bonchev–Trinajstić information content (AvgIpc) is 2.41. The van der Waals surface area contributed by atoms with Crippen LogP contribution in [0, 0.1) is 0 Å². The number of piperazine rings is 1. The molecule has 0 atom stereocenters. The van der Waals surface area contributed by atoms with Gasteiger partial charge in [-0.05, 0) is 24.3 Å². The van der Waals surface area contributed by atoms with Crippen LogP contribution in [0.25, 0.3) is 0 Å². The third-order valence-electron chi connectivity index (χ3n) is 3.23. The van der Waals surface area contributed by atoms with Gasteiger partial charge in [0, 0.05) is 24.7 Å². The van der Waals surface area contributed by atoms with Crippen molar-refractivity contribution in [2.24, 2.45) is 11.5 Å². The van der Waals surface area contributed by atoms with E-state index in [0.717, 1.165) is 43.5 Å². The van der Waals surface area contributed by atoms with Gasteiger partial charge in [0.1, 0.15) is 12.4 Å². The second kappa shape index (κ2) is 6.63. The maximum atomic E-state index is 5.82. The van der Waals surface area contributed by atoms with Crippen LogP contribution in [0.15, 0.2) is 24.3 Å². The van der Waals surface area contributed by atoms with Gasteiger partial charge in [-0.15, -0.1) is 0 Å². The number of rotatable bonds is 4. The predicted molar refractivity (Wildman–Crippen MR) is 76.8 cm³/mol. The largest absolute Gasteiger partial charge is 0.492 e. The van der Waals surface area contributed by atoms with Crippen molar-refractivity contribution in [3.8, 4) is 5.75 Å². The van der Waals surface area contributed by atoms with E-state index in [1.807, 2.05) is 28.8 Å². The first-order valence-corrected chi connectivity index (χ1v) is 6.76. The number of hydrogen-bond donors (Lipinski definition) is 2. The van der Waals surface area contributed by atoms with Gasteiger partial charge in [0.15, 0.2) is 0 Å². The molecule has 0 amide bonds. The SMILES string of the molecule is NC(N)=[N+]1CCN(CCOc2ccc(Cl)cc2)CC1. The van der Waals surface area contributed by atoms with E-state index < -0.39 is 0 Å². The third-order valence-corrected chi connectivity index (χ3v) is 3.48. The van der Waals surface area contributed by atoms with Crippen LogP contribution in [0.5, 0.6) is 5.75 Å². The highest BCUT2D eigenvalue weighted by molar-refractivity contribution is 6.30. The Morgan fingerprint density at radius 2 is 1.84 bits per heavy atom. The Morgan fingerprint density at radius 3 is 2.42 bits per heavy atom. The van der Waals surface area contributed by atoms with Crippen LogP contribution in [0.4, 0.5) is 0 Å². The summed E-state index contributed by atoms with van der Waals surface area (Å²) in [5.74, 6) is 1.26. The molecule has 1 heterocycles. The van der Waals surface area contributed by atoms with Gasteiger partial charge in [0.05, 0.1) is 13.1 Å². The van der Waals surface area contributed by atoms with E-state index in [-0.39, 0.29) is 0 Å². The van der Waals surface area contributed by atoms with Gasteiger partial charge in [0.2, 0.25) is 0 Å². The number of benzene rings is 1. The Bertz CT molecular complexity index is 432. The molecule has 2 rings (SSSR count). The number of nitrogens with zero attached hydrogens (tertiary/aromatic N) is 2. The van der Waals surface area contributed by atoms with Crippen LogP contribution in [0.2, 0.25) is 5.02 Å². The molecule has 104 valence electrons. The molecule has 0 spiro atoms. The van der Waals surface area contributed by atoms with E-state index in [2.05, 4.69) is 4.90 Å². The van der Waals surface area contributed by atoms with Crippen molar-refractivity contribution in [2.45, 2.75) is 0 Å². The summed E-state index contributed by atoms with van der Waals surface area (Å²) < 4.78 is 7.67. The fraction of sp³-hybridized carbons (Fsp3) is 0.462. The fourth-order valence-electron chi connectivity index (χ4n) is 2.05. The second-order valence-electron chi connectivity index (χ2n) is 4.56. The molecular formula is C13H20ClN4O+. The van der Waals surface area contributed by atoms with Crippen molar-refractivity contribution in [2.75, 3.05) is 39.3 Å². The molecule has 1 saturated heterocycles. The molecule has 0 unspecified atom stereocenters. The maximum absolute atomic E-state index is 5.82. The lowest BCUT2D eigenvalue weighted by Gasteiger charge is -2.27. The van der Waals surface area contributed by atoms with E-state index in [9.17, 15) is 0 Å². The molecule has 1 aromatic rings. The van der Waals surface area contributed by atoms with Crippen molar-refractivity contribution >= 4 is 17.6 Å². The molecular weight excluding hydrogens is 264 g/mol. The topological polar surface area (TPSA) is 67.5 Å². The molecule has 0 aliphatic carbocycles. The fourth-order valence-corrected chi connectivity index (χ4v) is 2.18. The minimum absolute atomic E-state index is 0.414. The quantitative estimate of drug-likeness (QED) is 0.617. The van der Waals surface area contributed by atoms with E-state index in [0.29, 0.717) is 12.6 Å². The molecule has 4 N–H and O–H groups in total. The monoisotopic (exact) mass is 283 g/mol. The molecule has 5 nitrogen and oxygen atoms in total. The average molecular weight is 284 g/mol. The van der Waals surface area contributed by atoms with Crippen molar-refractivity contribution in [3.63, 3.8) is 0 Å². The first kappa shape index (κ1) is 14.0. The summed E-state index contributed by atoms with van der Waals surface area (Å²) in [6.07, 6.45) is 0. The van der Waals surface area contributed by atoms with Crippen LogP contribution in [0.1, 0.15) is 0 Å². The van der Waals surface area contributed by atoms with E-state index in [1.165, 1.54) is 0 Å². The van der Waals surface area contributed by atoms with Gasteiger partial charge < -0.3 is 4.74 Å². The van der Waals surface area contributed by atoms with Gasteiger partial charge in [-0.25, -0.2) is 0 Å². The first-order valence-electron chi connectivity index (χ1n) is 6.39. The van der Waals surface area contributed by atoms with Gasteiger partial charge in [0.25, 0.3) is 0 Å². The van der Waals surface area contributed by atoms with Crippen LogP contribution < -0.4 is 16.2 Å². The Kier molecular flexibility index (Phi) is 4.87. The van der Waals surface area contributed by atoms with Crippen LogP contribution in [-0.4, -0.2) is 54.8 Å². The third kappa shape index (κ3) is 4.29. The zero-order chi connectivity index (χ0) is 13.7. The Morgan fingerprint density at radius 1 is 1.21 bits per heavy atom. The second-order valence-corrected chi connectivity index (χ2v) is 4.99. The summed E-state index contributed by atoms with van der Waals surface area (Å²) >= 11 is 5.82. The van der Waals surface area contributed by atoms with Crippen molar-refractivity contribution in [1.29, 1.82) is 0 Å². The van der Waals surface area contributed by atoms with Gasteiger partial charge in [-0.1, -0.05) is 11.6 Å². The lowest BCUT2D eigenvalue weighted by atomic mass is 10.3. The highest BCUT2D eigenvalue weighted by Gasteiger charge is 2.16. The summed E-state index contributed by atoms with van der Waals surface area (Å²) in [6, 6.07) is 7.42. The Balaban J connectivity index is 1.70. The number of ether oxygens (including phenoxy) is 1. The highest BCUT2D eigenvalue weighted by Crippen LogP contribution is 2.15. The number of nitrogens with two attached hydrogens (primary N) is 2. The maximum Gasteiger partial charge on any atom is 0.341 e. The summed E-state index contributed by atoms with van der Waals surface area (Å²) in [5.41, 5.74) is 11.1. The molecule has 0 bridgehead atoms. The number of hydrogen-bond acceptors (Lipinski definition) is 2. The van der Waals surface area contributed by atoms with E-state index >= 15 is 0 Å². The normalized spacial score (nSPS) is 16.4. The van der Waals surface area contributed by atoms with Crippen molar-refractivity contribution in [1.82, 2.24) is 4.90 Å². The van der Waals surface area contributed by atoms with E-state index in [4.69, 9.17) is 27.8 Å². The molecule has 0 aromatic heterocycles. The summed E-state index contributed by atoms with van der Waals surface area (Å²) in [5, 5.41) is 0.721. The van der Waals surface area contributed by atoms with Gasteiger partial charge in [-0.3, -0.25) is 20.9 Å². The van der Waals surface area contributed by atoms with Gasteiger partial charge >= 0.3 is 5.96 Å². The minimum atomic E-state index is 0.414. The minimum Gasteiger partial charge on any atom is -0.492 e. The molecule has 6 heteroatoms. The Labute approximate surface area is 118 Å². The summed E-state index contributed by atoms with van der Waals surface area (Å²) in [4.78, 5) is 2.34. The molecule has 1 aliphatic heterocycles. The van der Waals surface area contributed by atoms with E-state index in [1.54, 1.807) is 0 Å². The number of guanidine groups is 1. The lowest BCUT2D eigenvalue weighted by Crippen LogP contribution is -2.48. The molecule has 1 aliphatic rings. The zero-order valence-electron chi connectivity index (χ0n) is 10.9. The van der Waals surface area contributed by atoms with Crippen molar-refractivity contribution in [3.05, 3.63) is 29.3 Å². The van der Waals surface area contributed by atoms with Crippen LogP contribution in [-0.2, 0) is 0 Å². The predicted octanol–water partition coefficient (Wildman–Crippen LogP) is 0.320. The summed E-state index contributed by atoms with van der Waals surface area (Å²) in [6.45, 7) is 5.25. The van der Waals surface area contributed by atoms with Crippen LogP contribution >= 0.6 is 11.6 Å². The van der Waals surface area contributed by atoms with Crippen molar-refractivity contribution < 1.29 is 9.31 Å². The highest BCUT2D eigenvalue weighted by atomic mass is 35.5. The number of halogens is 1. The lowest BCUT2D eigenvalue weighted by molar-refractivity contribution is -0.541. The van der Waals surface area contributed by atoms with Gasteiger partial charge in [-0.2, -0.15) is 0 Å². The molecule has 19 heavy (non-hydrogen) atoms. The zero-order valence-corrected chi connectivity index (χ0v) is 11.6. The summed E-state index contributed by atoms with van der Waals surface area (Å²) in [7, 11) is 0. The molecule has 1 aromatic carbocycles. The smallest absolute Gasteiger partial charge is 0.341 e. The molecule has 1 fully saturated rings. The first-order chi connectivity index (χ1) is 9.15. The molecule has 0 saturated carbocycles. The van der Waals surface area contributed by atoms with Crippen LogP contribution in [0.3, 0.4) is 0 Å². The Hall–Kier alpha value is -1.46. The molecule has 0 radical (unpaired) electrons. The standard InChI is InChI=1S/C13H19ClN4O/c14-11-1-3-12(4-2-11)19-10-9-17-5-7-18(8-6-17)13(15)16/h1-4H,5-10H2,(H3,15,16)/p+1.